The van der Waals surface area contributed by atoms with Gasteiger partial charge in [-0.25, -0.2) is 0 Å². The zero-order chi connectivity index (χ0) is 15.0. The average Bonchev–Trinajstić information content (AvgIpc) is 2.50. The maximum absolute atomic E-state index is 12.3. The lowest BCUT2D eigenvalue weighted by Gasteiger charge is -2.29. The van der Waals surface area contributed by atoms with Crippen LogP contribution >= 0.6 is 0 Å². The lowest BCUT2D eigenvalue weighted by atomic mass is 10.3. The van der Waals surface area contributed by atoms with Crippen molar-refractivity contribution >= 4 is 5.91 Å². The number of carbonyl (C=O) groups excluding carboxylic acids is 1. The second-order valence-electron chi connectivity index (χ2n) is 4.76. The van der Waals surface area contributed by atoms with E-state index in [1.165, 1.54) is 0 Å². The molecule has 0 saturated heterocycles. The van der Waals surface area contributed by atoms with Crippen molar-refractivity contribution in [3.8, 4) is 5.75 Å². The van der Waals surface area contributed by atoms with Crippen LogP contribution in [-0.4, -0.2) is 48.6 Å². The average molecular weight is 278 g/mol. The second kappa shape index (κ2) is 8.59. The van der Waals surface area contributed by atoms with Crippen LogP contribution in [0.3, 0.4) is 0 Å². The van der Waals surface area contributed by atoms with E-state index in [4.69, 9.17) is 4.74 Å². The molecule has 0 heterocycles. The first-order valence-corrected chi connectivity index (χ1v) is 7.32. The van der Waals surface area contributed by atoms with Crippen molar-refractivity contribution in [2.24, 2.45) is 0 Å². The molecule has 1 atom stereocenters. The van der Waals surface area contributed by atoms with Gasteiger partial charge in [0.2, 0.25) is 5.91 Å². The fraction of sp³-hybridized carbons (Fsp3) is 0.562. The molecule has 20 heavy (non-hydrogen) atoms. The van der Waals surface area contributed by atoms with Crippen molar-refractivity contribution in [1.82, 2.24) is 9.80 Å². The van der Waals surface area contributed by atoms with Gasteiger partial charge in [-0.3, -0.25) is 9.69 Å². The van der Waals surface area contributed by atoms with Gasteiger partial charge in [-0.15, -0.1) is 0 Å². The van der Waals surface area contributed by atoms with Gasteiger partial charge >= 0.3 is 0 Å². The Bertz CT molecular complexity index is 391. The van der Waals surface area contributed by atoms with Crippen LogP contribution in [0.5, 0.6) is 5.75 Å². The molecule has 4 nitrogen and oxygen atoms in total. The van der Waals surface area contributed by atoms with Crippen LogP contribution in [0.25, 0.3) is 0 Å². The Morgan fingerprint density at radius 1 is 1.15 bits per heavy atom. The third-order valence-electron chi connectivity index (χ3n) is 3.44. The number of hydrogen-bond donors (Lipinski definition) is 0. The molecular formula is C16H26N2O2. The summed E-state index contributed by atoms with van der Waals surface area (Å²) in [4.78, 5) is 16.1. The van der Waals surface area contributed by atoms with Gasteiger partial charge in [-0.05, 0) is 25.2 Å². The quantitative estimate of drug-likeness (QED) is 0.685. The van der Waals surface area contributed by atoms with Crippen LogP contribution in [0, 0.1) is 0 Å². The van der Waals surface area contributed by atoms with Gasteiger partial charge in [-0.1, -0.05) is 39.0 Å². The van der Waals surface area contributed by atoms with E-state index in [-0.39, 0.29) is 12.1 Å². The number of nitrogens with zero attached hydrogens (tertiary/aromatic N) is 2. The molecule has 0 aliphatic heterocycles. The van der Waals surface area contributed by atoms with Gasteiger partial charge in [0.25, 0.3) is 0 Å². The number of para-hydroxylation sites is 1. The van der Waals surface area contributed by atoms with Crippen LogP contribution in [-0.2, 0) is 4.79 Å². The molecule has 1 aromatic rings. The first-order chi connectivity index (χ1) is 9.62. The monoisotopic (exact) mass is 278 g/mol. The molecule has 1 amide bonds. The third-order valence-corrected chi connectivity index (χ3v) is 3.44. The molecule has 1 aromatic carbocycles. The van der Waals surface area contributed by atoms with Crippen molar-refractivity contribution < 1.29 is 9.53 Å². The Balaban J connectivity index is 2.62. The number of carbonyl (C=O) groups is 1. The van der Waals surface area contributed by atoms with Crippen LogP contribution in [0.15, 0.2) is 30.3 Å². The highest BCUT2D eigenvalue weighted by atomic mass is 16.5. The summed E-state index contributed by atoms with van der Waals surface area (Å²) in [6, 6.07) is 9.62. The fourth-order valence-corrected chi connectivity index (χ4v) is 2.00. The van der Waals surface area contributed by atoms with E-state index in [1.54, 1.807) is 4.90 Å². The number of ether oxygens (including phenoxy) is 1. The molecule has 1 rings (SSSR count). The summed E-state index contributed by atoms with van der Waals surface area (Å²) in [5.74, 6) is 0.887. The summed E-state index contributed by atoms with van der Waals surface area (Å²) < 4.78 is 5.88. The Kier molecular flexibility index (Phi) is 7.09. The summed E-state index contributed by atoms with van der Waals surface area (Å²) in [6.45, 7) is 8.36. The highest BCUT2D eigenvalue weighted by molar-refractivity contribution is 5.78. The molecule has 0 aliphatic carbocycles. The van der Waals surface area contributed by atoms with Crippen LogP contribution in [0.4, 0.5) is 0 Å². The minimum atomic E-state index is -0.222. The number of hydrogen-bond acceptors (Lipinski definition) is 3. The first-order valence-electron chi connectivity index (χ1n) is 7.32. The zero-order valence-electron chi connectivity index (χ0n) is 13.0. The molecule has 0 fully saturated rings. The van der Waals surface area contributed by atoms with E-state index in [0.717, 1.165) is 25.3 Å². The van der Waals surface area contributed by atoms with Crippen molar-refractivity contribution in [2.75, 3.05) is 26.7 Å². The summed E-state index contributed by atoms with van der Waals surface area (Å²) in [6.07, 6.45) is 0.538. The largest absolute Gasteiger partial charge is 0.470 e. The number of rotatable bonds is 8. The molecule has 0 N–H and O–H groups in total. The molecule has 4 heteroatoms. The summed E-state index contributed by atoms with van der Waals surface area (Å²) in [5, 5.41) is 0. The molecule has 0 spiro atoms. The third kappa shape index (κ3) is 4.85. The highest BCUT2D eigenvalue weighted by Crippen LogP contribution is 2.14. The predicted molar refractivity (Wildman–Crippen MR) is 81.7 cm³/mol. The highest BCUT2D eigenvalue weighted by Gasteiger charge is 2.21. The van der Waals surface area contributed by atoms with E-state index >= 15 is 0 Å². The normalized spacial score (nSPS) is 12.2. The molecule has 0 radical (unpaired) electrons. The molecule has 1 unspecified atom stereocenters. The van der Waals surface area contributed by atoms with Gasteiger partial charge in [0.1, 0.15) is 5.75 Å². The van der Waals surface area contributed by atoms with Crippen LogP contribution in [0.2, 0.25) is 0 Å². The molecule has 0 bridgehead atoms. The summed E-state index contributed by atoms with van der Waals surface area (Å²) in [5.41, 5.74) is 0. The standard InChI is InChI=1S/C16H26N2O2/c1-5-16(20-14-11-9-8-10-12-14)17(4)15(19)13-18(6-2)7-3/h8-12,16H,5-7,13H2,1-4H3. The van der Waals surface area contributed by atoms with E-state index in [0.29, 0.717) is 6.54 Å². The van der Waals surface area contributed by atoms with Crippen LogP contribution in [0.1, 0.15) is 27.2 Å². The summed E-state index contributed by atoms with van der Waals surface area (Å²) in [7, 11) is 1.81. The number of amides is 1. The van der Waals surface area contributed by atoms with Crippen molar-refractivity contribution in [3.05, 3.63) is 30.3 Å². The smallest absolute Gasteiger partial charge is 0.239 e. The number of benzene rings is 1. The Morgan fingerprint density at radius 3 is 2.25 bits per heavy atom. The lowest BCUT2D eigenvalue weighted by Crippen LogP contribution is -2.45. The van der Waals surface area contributed by atoms with Gasteiger partial charge in [0, 0.05) is 13.5 Å². The van der Waals surface area contributed by atoms with Gasteiger partial charge in [0.05, 0.1) is 6.54 Å². The summed E-state index contributed by atoms with van der Waals surface area (Å²) >= 11 is 0. The maximum atomic E-state index is 12.3. The van der Waals surface area contributed by atoms with Gasteiger partial charge in [0.15, 0.2) is 6.23 Å². The van der Waals surface area contributed by atoms with E-state index in [9.17, 15) is 4.79 Å². The number of likely N-dealkylation sites (N-methyl/N-ethyl adjacent to an activating group) is 2. The first kappa shape index (κ1) is 16.5. The van der Waals surface area contributed by atoms with Crippen molar-refractivity contribution in [3.63, 3.8) is 0 Å². The van der Waals surface area contributed by atoms with E-state index in [2.05, 4.69) is 18.7 Å². The minimum Gasteiger partial charge on any atom is -0.470 e. The van der Waals surface area contributed by atoms with Crippen LogP contribution < -0.4 is 4.74 Å². The Hall–Kier alpha value is -1.55. The molecule has 0 aromatic heterocycles. The molecule has 112 valence electrons. The predicted octanol–water partition coefficient (Wildman–Crippen LogP) is 2.60. The fourth-order valence-electron chi connectivity index (χ4n) is 2.00. The molecular weight excluding hydrogens is 252 g/mol. The van der Waals surface area contributed by atoms with Gasteiger partial charge in [-0.2, -0.15) is 0 Å². The van der Waals surface area contributed by atoms with Gasteiger partial charge < -0.3 is 9.64 Å². The molecule has 0 saturated carbocycles. The molecule has 0 aliphatic rings. The van der Waals surface area contributed by atoms with E-state index < -0.39 is 0 Å². The van der Waals surface area contributed by atoms with Crippen molar-refractivity contribution in [2.45, 2.75) is 33.4 Å². The van der Waals surface area contributed by atoms with E-state index in [1.807, 2.05) is 44.3 Å². The Labute approximate surface area is 122 Å². The maximum Gasteiger partial charge on any atom is 0.239 e. The van der Waals surface area contributed by atoms with Crippen molar-refractivity contribution in [1.29, 1.82) is 0 Å². The zero-order valence-corrected chi connectivity index (χ0v) is 13.0. The SMILES string of the molecule is CCC(Oc1ccccc1)N(C)C(=O)CN(CC)CC. The second-order valence-corrected chi connectivity index (χ2v) is 4.76. The topological polar surface area (TPSA) is 32.8 Å². The minimum absolute atomic E-state index is 0.0940. The lowest BCUT2D eigenvalue weighted by molar-refractivity contribution is -0.138. The Morgan fingerprint density at radius 2 is 1.75 bits per heavy atom.